The Morgan fingerprint density at radius 3 is 2.07 bits per heavy atom. The SMILES string of the molecule is CC(NC(=O)C(NC(=O)CNCN)C(C)C)C(=O)NC(CC(=O)O)C(=O)CF. The molecule has 11 nitrogen and oxygen atoms in total. The van der Waals surface area contributed by atoms with E-state index in [1.165, 1.54) is 6.92 Å². The molecule has 0 bridgehead atoms. The third kappa shape index (κ3) is 9.37. The van der Waals surface area contributed by atoms with Crippen LogP contribution in [0.1, 0.15) is 27.2 Å². The van der Waals surface area contributed by atoms with Gasteiger partial charge in [0.2, 0.25) is 17.7 Å². The third-order valence-corrected chi connectivity index (χ3v) is 3.66. The van der Waals surface area contributed by atoms with Gasteiger partial charge < -0.3 is 26.8 Å². The van der Waals surface area contributed by atoms with Crippen LogP contribution in [0, 0.1) is 5.92 Å². The number of aliphatic carboxylic acids is 1. The van der Waals surface area contributed by atoms with Crippen molar-refractivity contribution in [2.45, 2.75) is 45.3 Å². The fourth-order valence-electron chi connectivity index (χ4n) is 2.12. The van der Waals surface area contributed by atoms with E-state index in [-0.39, 0.29) is 19.1 Å². The lowest BCUT2D eigenvalue weighted by molar-refractivity contribution is -0.140. The first-order valence-electron chi connectivity index (χ1n) is 8.64. The normalized spacial score (nSPS) is 13.9. The standard InChI is InChI=1S/C16H28FN5O6/c1-8(2)14(22-12(24)6-19-7-18)16(28)20-9(3)15(27)21-10(4-13(25)26)11(23)5-17/h8-10,14,19H,4-7,18H2,1-3H3,(H,20,28)(H,21,27)(H,22,24)(H,25,26). The smallest absolute Gasteiger partial charge is 0.305 e. The molecule has 0 radical (unpaired) electrons. The van der Waals surface area contributed by atoms with E-state index < -0.39 is 60.7 Å². The summed E-state index contributed by atoms with van der Waals surface area (Å²) in [7, 11) is 0. The molecule has 0 heterocycles. The number of hydrogen-bond acceptors (Lipinski definition) is 7. The molecule has 0 aliphatic heterocycles. The summed E-state index contributed by atoms with van der Waals surface area (Å²) in [6.45, 7) is 3.24. The number of carbonyl (C=O) groups excluding carboxylic acids is 4. The van der Waals surface area contributed by atoms with Gasteiger partial charge in [-0.1, -0.05) is 13.8 Å². The highest BCUT2D eigenvalue weighted by Gasteiger charge is 2.29. The van der Waals surface area contributed by atoms with Crippen molar-refractivity contribution in [3.63, 3.8) is 0 Å². The van der Waals surface area contributed by atoms with Crippen LogP contribution in [0.5, 0.6) is 0 Å². The molecule has 0 aliphatic carbocycles. The second-order valence-electron chi connectivity index (χ2n) is 6.41. The molecule has 0 rings (SSSR count). The number of amides is 3. The van der Waals surface area contributed by atoms with Crippen molar-refractivity contribution < 1.29 is 33.5 Å². The van der Waals surface area contributed by atoms with Crippen molar-refractivity contribution in [2.24, 2.45) is 11.7 Å². The fraction of sp³-hybridized carbons (Fsp3) is 0.688. The number of halogens is 1. The average molecular weight is 405 g/mol. The highest BCUT2D eigenvalue weighted by atomic mass is 19.1. The Bertz CT molecular complexity index is 586. The summed E-state index contributed by atoms with van der Waals surface area (Å²) < 4.78 is 12.5. The highest BCUT2D eigenvalue weighted by Crippen LogP contribution is 2.03. The molecule has 0 aromatic rings. The minimum Gasteiger partial charge on any atom is -0.481 e. The van der Waals surface area contributed by atoms with Crippen LogP contribution in [0.4, 0.5) is 4.39 Å². The first kappa shape index (κ1) is 25.4. The summed E-state index contributed by atoms with van der Waals surface area (Å²) in [5, 5.41) is 18.3. The Morgan fingerprint density at radius 1 is 1.00 bits per heavy atom. The Morgan fingerprint density at radius 2 is 1.61 bits per heavy atom. The van der Waals surface area contributed by atoms with Crippen molar-refractivity contribution in [3.05, 3.63) is 0 Å². The predicted octanol–water partition coefficient (Wildman–Crippen LogP) is -2.36. The van der Waals surface area contributed by atoms with E-state index in [2.05, 4.69) is 21.3 Å². The van der Waals surface area contributed by atoms with Gasteiger partial charge in [-0.05, 0) is 12.8 Å². The van der Waals surface area contributed by atoms with E-state index in [0.717, 1.165) is 0 Å². The molecule has 12 heteroatoms. The molecular formula is C16H28FN5O6. The third-order valence-electron chi connectivity index (χ3n) is 3.66. The molecule has 7 N–H and O–H groups in total. The summed E-state index contributed by atoms with van der Waals surface area (Å²) in [6, 6.07) is -3.64. The number of Topliss-reactive ketones (excluding diaryl/α,β-unsaturated/α-hetero) is 1. The van der Waals surface area contributed by atoms with E-state index in [4.69, 9.17) is 10.8 Å². The van der Waals surface area contributed by atoms with Crippen LogP contribution in [0.25, 0.3) is 0 Å². The van der Waals surface area contributed by atoms with Gasteiger partial charge in [0.25, 0.3) is 0 Å². The summed E-state index contributed by atoms with van der Waals surface area (Å²) in [5.41, 5.74) is 5.23. The maximum absolute atomic E-state index is 12.5. The molecule has 160 valence electrons. The van der Waals surface area contributed by atoms with E-state index in [0.29, 0.717) is 0 Å². The number of carboxylic acid groups (broad SMARTS) is 1. The molecule has 3 atom stereocenters. The fourth-order valence-corrected chi connectivity index (χ4v) is 2.12. The quantitative estimate of drug-likeness (QED) is 0.184. The van der Waals surface area contributed by atoms with Gasteiger partial charge in [-0.25, -0.2) is 4.39 Å². The molecular weight excluding hydrogens is 377 g/mol. The number of alkyl halides is 1. The average Bonchev–Trinajstić information content (AvgIpc) is 2.62. The van der Waals surface area contributed by atoms with E-state index in [9.17, 15) is 28.4 Å². The van der Waals surface area contributed by atoms with E-state index >= 15 is 0 Å². The number of rotatable bonds is 13. The minimum absolute atomic E-state index is 0.0816. The van der Waals surface area contributed by atoms with Gasteiger partial charge in [0.15, 0.2) is 5.78 Å². The van der Waals surface area contributed by atoms with Crippen LogP contribution in [-0.4, -0.2) is 72.6 Å². The Balaban J connectivity index is 4.93. The maximum atomic E-state index is 12.5. The molecule has 0 saturated carbocycles. The second kappa shape index (κ2) is 12.7. The molecule has 28 heavy (non-hydrogen) atoms. The number of nitrogens with two attached hydrogens (primary N) is 1. The molecule has 0 fully saturated rings. The van der Waals surface area contributed by atoms with Crippen molar-refractivity contribution in [1.29, 1.82) is 0 Å². The van der Waals surface area contributed by atoms with Gasteiger partial charge in [-0.2, -0.15) is 0 Å². The molecule has 0 aliphatic rings. The lowest BCUT2D eigenvalue weighted by atomic mass is 10.0. The van der Waals surface area contributed by atoms with Crippen molar-refractivity contribution in [1.82, 2.24) is 21.3 Å². The first-order valence-corrected chi connectivity index (χ1v) is 8.64. The lowest BCUT2D eigenvalue weighted by Crippen LogP contribution is -2.57. The van der Waals surface area contributed by atoms with Crippen LogP contribution in [0.3, 0.4) is 0 Å². The number of ketones is 1. The second-order valence-corrected chi connectivity index (χ2v) is 6.41. The van der Waals surface area contributed by atoms with Crippen LogP contribution in [0.15, 0.2) is 0 Å². The van der Waals surface area contributed by atoms with Crippen molar-refractivity contribution in [2.75, 3.05) is 19.9 Å². The molecule has 0 spiro atoms. The number of carboxylic acids is 1. The van der Waals surface area contributed by atoms with Gasteiger partial charge in [0, 0.05) is 6.67 Å². The lowest BCUT2D eigenvalue weighted by Gasteiger charge is -2.24. The number of hydrogen-bond donors (Lipinski definition) is 6. The van der Waals surface area contributed by atoms with E-state index in [1.54, 1.807) is 13.8 Å². The highest BCUT2D eigenvalue weighted by molar-refractivity contribution is 5.96. The summed E-state index contributed by atoms with van der Waals surface area (Å²) in [6.07, 6.45) is -0.784. The zero-order valence-corrected chi connectivity index (χ0v) is 16.1. The zero-order chi connectivity index (χ0) is 21.9. The van der Waals surface area contributed by atoms with Gasteiger partial charge in [0.1, 0.15) is 24.8 Å². The minimum atomic E-state index is -1.54. The number of carbonyl (C=O) groups is 5. The zero-order valence-electron chi connectivity index (χ0n) is 16.1. The predicted molar refractivity (Wildman–Crippen MR) is 96.6 cm³/mol. The molecule has 0 aromatic heterocycles. The van der Waals surface area contributed by atoms with Crippen molar-refractivity contribution >= 4 is 29.5 Å². The number of nitrogens with one attached hydrogen (secondary N) is 4. The molecule has 3 amide bonds. The maximum Gasteiger partial charge on any atom is 0.305 e. The summed E-state index contributed by atoms with van der Waals surface area (Å²) in [5.74, 6) is -4.76. The van der Waals surface area contributed by atoms with Crippen LogP contribution < -0.4 is 27.0 Å². The summed E-state index contributed by atoms with van der Waals surface area (Å²) >= 11 is 0. The van der Waals surface area contributed by atoms with Gasteiger partial charge in [-0.15, -0.1) is 0 Å². The van der Waals surface area contributed by atoms with Gasteiger partial charge >= 0.3 is 5.97 Å². The Labute approximate surface area is 162 Å². The van der Waals surface area contributed by atoms with E-state index in [1.807, 2.05) is 0 Å². The van der Waals surface area contributed by atoms with Crippen LogP contribution in [-0.2, 0) is 24.0 Å². The van der Waals surface area contributed by atoms with Gasteiger partial charge in [0.05, 0.1) is 13.0 Å². The summed E-state index contributed by atoms with van der Waals surface area (Å²) in [4.78, 5) is 58.5. The monoisotopic (exact) mass is 405 g/mol. The Kier molecular flexibility index (Phi) is 11.5. The van der Waals surface area contributed by atoms with Crippen molar-refractivity contribution in [3.8, 4) is 0 Å². The largest absolute Gasteiger partial charge is 0.481 e. The first-order chi connectivity index (χ1) is 13.0. The van der Waals surface area contributed by atoms with Crippen LogP contribution in [0.2, 0.25) is 0 Å². The topological polar surface area (TPSA) is 180 Å². The Hall–Kier alpha value is -2.60. The molecule has 0 saturated heterocycles. The van der Waals surface area contributed by atoms with Gasteiger partial charge in [-0.3, -0.25) is 29.3 Å². The molecule has 0 aromatic carbocycles. The molecule has 3 unspecified atom stereocenters. The van der Waals surface area contributed by atoms with Crippen LogP contribution >= 0.6 is 0 Å².